The van der Waals surface area contributed by atoms with E-state index in [1.165, 1.54) is 18.2 Å². The average Bonchev–Trinajstić information content (AvgIpc) is 2.39. The molecule has 0 fully saturated rings. The van der Waals surface area contributed by atoms with Gasteiger partial charge in [0.15, 0.2) is 0 Å². The third-order valence-electron chi connectivity index (χ3n) is 2.83. The van der Waals surface area contributed by atoms with Crippen molar-refractivity contribution < 1.29 is 22.7 Å². The summed E-state index contributed by atoms with van der Waals surface area (Å²) in [4.78, 5) is 10.6. The molecule has 22 heavy (non-hydrogen) atoms. The van der Waals surface area contributed by atoms with Gasteiger partial charge in [0.1, 0.15) is 10.7 Å². The van der Waals surface area contributed by atoms with Gasteiger partial charge in [-0.15, -0.1) is 0 Å². The van der Waals surface area contributed by atoms with Crippen molar-refractivity contribution in [3.05, 3.63) is 58.4 Å². The standard InChI is InChI=1S/C14H11ClFNO4S/c1-8-2-4-12(10(6-8)14(18)19)17-22(20,21)13-5-3-9(15)7-11(13)16/h2-7,17H,1H3,(H,18,19). The van der Waals surface area contributed by atoms with Gasteiger partial charge in [-0.05, 0) is 37.3 Å². The van der Waals surface area contributed by atoms with Gasteiger partial charge < -0.3 is 5.11 Å². The fourth-order valence-corrected chi connectivity index (χ4v) is 3.12. The fraction of sp³-hybridized carbons (Fsp3) is 0.0714. The first-order chi connectivity index (χ1) is 10.2. The SMILES string of the molecule is Cc1ccc(NS(=O)(=O)c2ccc(Cl)cc2F)c(C(=O)O)c1. The van der Waals surface area contributed by atoms with E-state index in [-0.39, 0.29) is 16.3 Å². The van der Waals surface area contributed by atoms with Gasteiger partial charge in [0, 0.05) is 5.02 Å². The van der Waals surface area contributed by atoms with E-state index in [1.807, 2.05) is 0 Å². The number of carboxylic acid groups (broad SMARTS) is 1. The van der Waals surface area contributed by atoms with Crippen molar-refractivity contribution in [3.8, 4) is 0 Å². The van der Waals surface area contributed by atoms with Crippen molar-refractivity contribution in [3.63, 3.8) is 0 Å². The highest BCUT2D eigenvalue weighted by Gasteiger charge is 2.22. The summed E-state index contributed by atoms with van der Waals surface area (Å²) in [5.74, 6) is -2.32. The summed E-state index contributed by atoms with van der Waals surface area (Å²) in [5, 5.41) is 9.18. The maximum atomic E-state index is 13.8. The zero-order valence-electron chi connectivity index (χ0n) is 11.3. The van der Waals surface area contributed by atoms with Crippen LogP contribution >= 0.6 is 11.6 Å². The van der Waals surface area contributed by atoms with E-state index < -0.39 is 26.7 Å². The molecule has 0 unspecified atom stereocenters. The first-order valence-corrected chi connectivity index (χ1v) is 7.88. The maximum absolute atomic E-state index is 13.8. The Morgan fingerprint density at radius 3 is 2.50 bits per heavy atom. The highest BCUT2D eigenvalue weighted by atomic mass is 35.5. The van der Waals surface area contributed by atoms with Gasteiger partial charge in [-0.2, -0.15) is 0 Å². The monoisotopic (exact) mass is 343 g/mol. The molecule has 0 saturated heterocycles. The predicted octanol–water partition coefficient (Wildman–Crippen LogP) is 3.29. The molecule has 2 aromatic rings. The number of hydrogen-bond donors (Lipinski definition) is 2. The quantitative estimate of drug-likeness (QED) is 0.892. The van der Waals surface area contributed by atoms with Gasteiger partial charge in [0.05, 0.1) is 11.3 Å². The van der Waals surface area contributed by atoms with E-state index >= 15 is 0 Å². The smallest absolute Gasteiger partial charge is 0.337 e. The van der Waals surface area contributed by atoms with Crippen LogP contribution in [0.15, 0.2) is 41.3 Å². The molecule has 0 aromatic heterocycles. The number of aryl methyl sites for hydroxylation is 1. The zero-order valence-corrected chi connectivity index (χ0v) is 12.9. The number of carboxylic acids is 1. The summed E-state index contributed by atoms with van der Waals surface area (Å²) in [5.41, 5.74) is 0.281. The summed E-state index contributed by atoms with van der Waals surface area (Å²) in [7, 11) is -4.28. The molecule has 0 radical (unpaired) electrons. The third kappa shape index (κ3) is 3.37. The fourth-order valence-electron chi connectivity index (χ4n) is 1.82. The molecule has 0 atom stereocenters. The molecule has 0 spiro atoms. The minimum absolute atomic E-state index is 0.0537. The Labute approximate surface area is 131 Å². The number of sulfonamides is 1. The topological polar surface area (TPSA) is 83.5 Å². The molecule has 0 heterocycles. The molecule has 5 nitrogen and oxygen atoms in total. The van der Waals surface area contributed by atoms with Crippen molar-refractivity contribution in [2.45, 2.75) is 11.8 Å². The first-order valence-electron chi connectivity index (χ1n) is 6.02. The van der Waals surface area contributed by atoms with Crippen molar-refractivity contribution in [1.82, 2.24) is 0 Å². The van der Waals surface area contributed by atoms with Crippen LogP contribution in [0.1, 0.15) is 15.9 Å². The molecule has 116 valence electrons. The van der Waals surface area contributed by atoms with Crippen LogP contribution in [0.3, 0.4) is 0 Å². The second-order valence-electron chi connectivity index (χ2n) is 4.53. The van der Waals surface area contributed by atoms with Crippen LogP contribution in [0.25, 0.3) is 0 Å². The van der Waals surface area contributed by atoms with E-state index in [0.29, 0.717) is 5.56 Å². The zero-order chi connectivity index (χ0) is 16.5. The second-order valence-corrected chi connectivity index (χ2v) is 6.62. The summed E-state index contributed by atoms with van der Waals surface area (Å²) < 4.78 is 40.2. The molecular formula is C14H11ClFNO4S. The lowest BCUT2D eigenvalue weighted by Gasteiger charge is -2.12. The molecule has 8 heteroatoms. The Balaban J connectivity index is 2.47. The number of aromatic carboxylic acids is 1. The normalized spacial score (nSPS) is 11.2. The highest BCUT2D eigenvalue weighted by molar-refractivity contribution is 7.92. The minimum Gasteiger partial charge on any atom is -0.478 e. The third-order valence-corrected chi connectivity index (χ3v) is 4.47. The Hall–Kier alpha value is -2.12. The van der Waals surface area contributed by atoms with Gasteiger partial charge in [0.25, 0.3) is 10.0 Å². The number of benzene rings is 2. The second kappa shape index (κ2) is 5.94. The van der Waals surface area contributed by atoms with E-state index in [0.717, 1.165) is 12.1 Å². The predicted molar refractivity (Wildman–Crippen MR) is 80.4 cm³/mol. The van der Waals surface area contributed by atoms with Gasteiger partial charge >= 0.3 is 5.97 Å². The van der Waals surface area contributed by atoms with Crippen molar-refractivity contribution in [2.24, 2.45) is 0 Å². The molecule has 0 saturated carbocycles. The molecule has 0 bridgehead atoms. The molecule has 0 aliphatic carbocycles. The van der Waals surface area contributed by atoms with Gasteiger partial charge in [0.2, 0.25) is 0 Å². The molecular weight excluding hydrogens is 333 g/mol. The van der Waals surface area contributed by atoms with E-state index in [2.05, 4.69) is 4.72 Å². The van der Waals surface area contributed by atoms with Gasteiger partial charge in [-0.1, -0.05) is 23.2 Å². The van der Waals surface area contributed by atoms with Crippen LogP contribution in [0.5, 0.6) is 0 Å². The van der Waals surface area contributed by atoms with Crippen molar-refractivity contribution >= 4 is 33.3 Å². The molecule has 2 rings (SSSR count). The number of anilines is 1. The van der Waals surface area contributed by atoms with Crippen LogP contribution in [0.4, 0.5) is 10.1 Å². The Bertz CT molecular complexity index is 852. The van der Waals surface area contributed by atoms with Crippen molar-refractivity contribution in [1.29, 1.82) is 0 Å². The summed E-state index contributed by atoms with van der Waals surface area (Å²) in [6.45, 7) is 1.67. The summed E-state index contributed by atoms with van der Waals surface area (Å²) >= 11 is 5.58. The van der Waals surface area contributed by atoms with Crippen molar-refractivity contribution in [2.75, 3.05) is 4.72 Å². The van der Waals surface area contributed by atoms with Gasteiger partial charge in [-0.25, -0.2) is 17.6 Å². The Kier molecular flexibility index (Phi) is 4.39. The number of rotatable bonds is 4. The van der Waals surface area contributed by atoms with E-state index in [1.54, 1.807) is 13.0 Å². The minimum atomic E-state index is -4.28. The molecule has 0 amide bonds. The number of carbonyl (C=O) groups is 1. The highest BCUT2D eigenvalue weighted by Crippen LogP contribution is 2.24. The molecule has 2 N–H and O–H groups in total. The lowest BCUT2D eigenvalue weighted by Crippen LogP contribution is -2.17. The van der Waals surface area contributed by atoms with Crippen LogP contribution in [-0.2, 0) is 10.0 Å². The lowest BCUT2D eigenvalue weighted by molar-refractivity contribution is 0.0698. The first kappa shape index (κ1) is 16.3. The maximum Gasteiger partial charge on any atom is 0.337 e. The summed E-state index contributed by atoms with van der Waals surface area (Å²) in [6, 6.07) is 7.27. The van der Waals surface area contributed by atoms with Crippen LogP contribution < -0.4 is 4.72 Å². The number of hydrogen-bond acceptors (Lipinski definition) is 3. The number of halogens is 2. The molecule has 0 aliphatic rings. The van der Waals surface area contributed by atoms with Gasteiger partial charge in [-0.3, -0.25) is 4.72 Å². The van der Waals surface area contributed by atoms with Crippen LogP contribution in [0, 0.1) is 12.7 Å². The lowest BCUT2D eigenvalue weighted by atomic mass is 10.1. The Morgan fingerprint density at radius 2 is 1.91 bits per heavy atom. The molecule has 0 aliphatic heterocycles. The number of nitrogens with one attached hydrogen (secondary N) is 1. The van der Waals surface area contributed by atoms with Crippen LogP contribution in [-0.4, -0.2) is 19.5 Å². The van der Waals surface area contributed by atoms with Crippen LogP contribution in [0.2, 0.25) is 5.02 Å². The average molecular weight is 344 g/mol. The van der Waals surface area contributed by atoms with E-state index in [4.69, 9.17) is 16.7 Å². The Morgan fingerprint density at radius 1 is 1.23 bits per heavy atom. The largest absolute Gasteiger partial charge is 0.478 e. The summed E-state index contributed by atoms with van der Waals surface area (Å²) in [6.07, 6.45) is 0. The molecule has 2 aromatic carbocycles. The van der Waals surface area contributed by atoms with E-state index in [9.17, 15) is 17.6 Å².